The molecular formula is C15H10BrIN2O2. The molecule has 0 aliphatic heterocycles. The molecule has 0 fully saturated rings. The number of fused-ring (bicyclic) bond motifs is 1. The lowest BCUT2D eigenvalue weighted by atomic mass is 10.1. The molecule has 21 heavy (non-hydrogen) atoms. The molecule has 0 radical (unpaired) electrons. The zero-order chi connectivity index (χ0) is 15.1. The maximum absolute atomic E-state index is 11.1. The first-order valence-corrected chi connectivity index (χ1v) is 8.02. The molecule has 4 nitrogen and oxygen atoms in total. The molecule has 6 heteroatoms. The van der Waals surface area contributed by atoms with Crippen molar-refractivity contribution in [1.29, 1.82) is 0 Å². The van der Waals surface area contributed by atoms with Crippen molar-refractivity contribution in [1.82, 2.24) is 9.97 Å². The van der Waals surface area contributed by atoms with Gasteiger partial charge in [-0.25, -0.2) is 9.78 Å². The third kappa shape index (κ3) is 2.57. The van der Waals surface area contributed by atoms with E-state index in [0.29, 0.717) is 5.52 Å². The Hall–Kier alpha value is -1.41. The first-order chi connectivity index (χ1) is 9.97. The summed E-state index contributed by atoms with van der Waals surface area (Å²) in [5.41, 5.74) is 3.85. The molecule has 1 aromatic heterocycles. The van der Waals surface area contributed by atoms with Gasteiger partial charge in [0.05, 0.1) is 16.6 Å². The summed E-state index contributed by atoms with van der Waals surface area (Å²) in [6, 6.07) is 9.15. The monoisotopic (exact) mass is 456 g/mol. The highest BCUT2D eigenvalue weighted by atomic mass is 127. The molecule has 1 heterocycles. The molecule has 0 saturated carbocycles. The molecule has 3 rings (SSSR count). The highest BCUT2D eigenvalue weighted by molar-refractivity contribution is 14.1. The Kier molecular flexibility index (Phi) is 3.75. The van der Waals surface area contributed by atoms with Gasteiger partial charge >= 0.3 is 5.97 Å². The maximum atomic E-state index is 11.1. The number of halogens is 2. The summed E-state index contributed by atoms with van der Waals surface area (Å²) in [5.74, 6) is -0.206. The van der Waals surface area contributed by atoms with Crippen molar-refractivity contribution in [3.63, 3.8) is 0 Å². The summed E-state index contributed by atoms with van der Waals surface area (Å²) < 4.78 is 1.86. The minimum absolute atomic E-state index is 0.246. The van der Waals surface area contributed by atoms with E-state index in [0.717, 1.165) is 30.5 Å². The molecule has 0 bridgehead atoms. The zero-order valence-corrected chi connectivity index (χ0v) is 14.7. The van der Waals surface area contributed by atoms with Crippen LogP contribution in [0.1, 0.15) is 15.9 Å². The fourth-order valence-electron chi connectivity index (χ4n) is 2.19. The summed E-state index contributed by atoms with van der Waals surface area (Å²) in [7, 11) is 0. The summed E-state index contributed by atoms with van der Waals surface area (Å²) in [6.45, 7) is 2.01. The minimum atomic E-state index is -0.946. The molecule has 2 N–H and O–H groups in total. The number of hydrogen-bond donors (Lipinski definition) is 2. The van der Waals surface area contributed by atoms with E-state index in [1.807, 2.05) is 25.1 Å². The van der Waals surface area contributed by atoms with Gasteiger partial charge in [0.15, 0.2) is 0 Å². The van der Waals surface area contributed by atoms with Crippen molar-refractivity contribution < 1.29 is 9.90 Å². The lowest BCUT2D eigenvalue weighted by Crippen LogP contribution is -1.96. The molecule has 0 unspecified atom stereocenters. The van der Waals surface area contributed by atoms with Crippen LogP contribution in [0.5, 0.6) is 0 Å². The lowest BCUT2D eigenvalue weighted by molar-refractivity contribution is 0.0697. The van der Waals surface area contributed by atoms with Gasteiger partial charge in [0.25, 0.3) is 0 Å². The van der Waals surface area contributed by atoms with E-state index in [4.69, 9.17) is 5.11 Å². The topological polar surface area (TPSA) is 66.0 Å². The number of nitrogens with zero attached hydrogens (tertiary/aromatic N) is 1. The van der Waals surface area contributed by atoms with Crippen LogP contribution in [0.25, 0.3) is 22.4 Å². The van der Waals surface area contributed by atoms with E-state index in [1.165, 1.54) is 0 Å². The van der Waals surface area contributed by atoms with E-state index >= 15 is 0 Å². The Balaban J connectivity index is 2.24. The number of carboxylic acid groups (broad SMARTS) is 1. The molecule has 0 aliphatic rings. The third-order valence-electron chi connectivity index (χ3n) is 3.31. The van der Waals surface area contributed by atoms with Crippen molar-refractivity contribution in [3.05, 3.63) is 49.5 Å². The van der Waals surface area contributed by atoms with Crippen LogP contribution in [-0.4, -0.2) is 21.0 Å². The fourth-order valence-corrected chi connectivity index (χ4v) is 3.30. The van der Waals surface area contributed by atoms with Crippen molar-refractivity contribution in [2.24, 2.45) is 0 Å². The highest BCUT2D eigenvalue weighted by Crippen LogP contribution is 2.30. The van der Waals surface area contributed by atoms with E-state index in [-0.39, 0.29) is 5.56 Å². The predicted octanol–water partition coefficient (Wildman–Crippen LogP) is 4.60. The van der Waals surface area contributed by atoms with Gasteiger partial charge in [-0.1, -0.05) is 28.1 Å². The van der Waals surface area contributed by atoms with Gasteiger partial charge in [0.2, 0.25) is 0 Å². The molecule has 0 aliphatic carbocycles. The highest BCUT2D eigenvalue weighted by Gasteiger charge is 2.14. The number of aromatic amines is 1. The number of hydrogen-bond acceptors (Lipinski definition) is 2. The largest absolute Gasteiger partial charge is 0.478 e. The van der Waals surface area contributed by atoms with E-state index in [9.17, 15) is 4.79 Å². The van der Waals surface area contributed by atoms with Crippen LogP contribution < -0.4 is 0 Å². The average molecular weight is 457 g/mol. The second-order valence-corrected chi connectivity index (χ2v) is 6.67. The van der Waals surface area contributed by atoms with Crippen LogP contribution in [0, 0.1) is 10.5 Å². The Labute approximate surface area is 142 Å². The van der Waals surface area contributed by atoms with Crippen molar-refractivity contribution in [2.75, 3.05) is 0 Å². The number of aromatic nitrogens is 2. The SMILES string of the molecule is Cc1c(Br)cccc1-c1nc2cc(C(=O)O)cc(I)c2[nH]1. The molecule has 2 aromatic carbocycles. The summed E-state index contributed by atoms with van der Waals surface area (Å²) >= 11 is 5.63. The first-order valence-electron chi connectivity index (χ1n) is 6.15. The summed E-state index contributed by atoms with van der Waals surface area (Å²) in [6.07, 6.45) is 0. The normalized spacial score (nSPS) is 11.0. The van der Waals surface area contributed by atoms with E-state index in [2.05, 4.69) is 48.5 Å². The van der Waals surface area contributed by atoms with Gasteiger partial charge in [-0.3, -0.25) is 0 Å². The smallest absolute Gasteiger partial charge is 0.335 e. The number of carboxylic acids is 1. The minimum Gasteiger partial charge on any atom is -0.478 e. The molecule has 3 aromatic rings. The number of aromatic carboxylic acids is 1. The number of carbonyl (C=O) groups is 1. The lowest BCUT2D eigenvalue weighted by Gasteiger charge is -2.03. The molecule has 0 amide bonds. The number of H-pyrrole nitrogens is 1. The Morgan fingerprint density at radius 1 is 1.38 bits per heavy atom. The van der Waals surface area contributed by atoms with Gasteiger partial charge in [-0.15, -0.1) is 0 Å². The molecule has 0 saturated heterocycles. The van der Waals surface area contributed by atoms with Crippen molar-refractivity contribution in [3.8, 4) is 11.4 Å². The van der Waals surface area contributed by atoms with Gasteiger partial charge in [-0.05, 0) is 53.3 Å². The number of benzene rings is 2. The van der Waals surface area contributed by atoms with Crippen molar-refractivity contribution in [2.45, 2.75) is 6.92 Å². The van der Waals surface area contributed by atoms with Crippen LogP contribution >= 0.6 is 38.5 Å². The Bertz CT molecular complexity index is 873. The Morgan fingerprint density at radius 2 is 2.14 bits per heavy atom. The van der Waals surface area contributed by atoms with Crippen LogP contribution in [0.15, 0.2) is 34.8 Å². The Morgan fingerprint density at radius 3 is 2.86 bits per heavy atom. The second-order valence-electron chi connectivity index (χ2n) is 4.66. The van der Waals surface area contributed by atoms with Gasteiger partial charge in [-0.2, -0.15) is 0 Å². The maximum Gasteiger partial charge on any atom is 0.335 e. The summed E-state index contributed by atoms with van der Waals surface area (Å²) in [5, 5.41) is 9.13. The standard InChI is InChI=1S/C15H10BrIN2O2/c1-7-9(3-2-4-10(7)16)14-18-12-6-8(15(20)21)5-11(17)13(12)19-14/h2-6H,1H3,(H,18,19)(H,20,21). The van der Waals surface area contributed by atoms with Crippen LogP contribution in [0.3, 0.4) is 0 Å². The molecular weight excluding hydrogens is 447 g/mol. The van der Waals surface area contributed by atoms with E-state index < -0.39 is 5.97 Å². The zero-order valence-electron chi connectivity index (χ0n) is 10.9. The predicted molar refractivity (Wildman–Crippen MR) is 93.6 cm³/mol. The fraction of sp³-hybridized carbons (Fsp3) is 0.0667. The van der Waals surface area contributed by atoms with Crippen LogP contribution in [-0.2, 0) is 0 Å². The first kappa shape index (κ1) is 14.5. The van der Waals surface area contributed by atoms with Gasteiger partial charge < -0.3 is 10.1 Å². The van der Waals surface area contributed by atoms with Gasteiger partial charge in [0, 0.05) is 13.6 Å². The van der Waals surface area contributed by atoms with Crippen LogP contribution in [0.4, 0.5) is 0 Å². The molecule has 0 atom stereocenters. The van der Waals surface area contributed by atoms with Crippen molar-refractivity contribution >= 4 is 55.5 Å². The number of imidazole rings is 1. The quantitative estimate of drug-likeness (QED) is 0.553. The molecule has 106 valence electrons. The van der Waals surface area contributed by atoms with Crippen LogP contribution in [0.2, 0.25) is 0 Å². The van der Waals surface area contributed by atoms with Gasteiger partial charge in [0.1, 0.15) is 5.82 Å². The molecule has 0 spiro atoms. The summed E-state index contributed by atoms with van der Waals surface area (Å²) in [4.78, 5) is 19.0. The number of rotatable bonds is 2. The average Bonchev–Trinajstić information content (AvgIpc) is 2.86. The number of nitrogens with one attached hydrogen (secondary N) is 1. The third-order valence-corrected chi connectivity index (χ3v) is 5.02. The van der Waals surface area contributed by atoms with E-state index in [1.54, 1.807) is 12.1 Å². The second kappa shape index (κ2) is 5.42.